The van der Waals surface area contributed by atoms with E-state index in [-0.39, 0.29) is 6.42 Å². The zero-order valence-electron chi connectivity index (χ0n) is 15.7. The molecule has 0 aromatic carbocycles. The minimum Gasteiger partial charge on any atom is -0.393 e. The lowest BCUT2D eigenvalue weighted by molar-refractivity contribution is -0.146. The number of ketones is 1. The standard InChI is InChI=1S/C21H36O4/c1-2-3-4-5-6-7-8-9-10-11-12-13-14-15-16-17-20(24)21(25,18-22)19-23/h3-4,6-7,9-10,22-23,25H,2,5,8,11-19H2,1H3/b4-3-,7-6-,10-9-. The molecular weight excluding hydrogens is 316 g/mol. The van der Waals surface area contributed by atoms with Crippen molar-refractivity contribution in [3.63, 3.8) is 0 Å². The average molecular weight is 353 g/mol. The van der Waals surface area contributed by atoms with Crippen molar-refractivity contribution in [3.8, 4) is 0 Å². The second kappa shape index (κ2) is 16.2. The molecule has 144 valence electrons. The van der Waals surface area contributed by atoms with Crippen molar-refractivity contribution in [2.24, 2.45) is 0 Å². The fourth-order valence-electron chi connectivity index (χ4n) is 2.36. The zero-order chi connectivity index (χ0) is 18.8. The van der Waals surface area contributed by atoms with E-state index < -0.39 is 24.6 Å². The predicted molar refractivity (Wildman–Crippen MR) is 103 cm³/mol. The minimum atomic E-state index is -1.97. The summed E-state index contributed by atoms with van der Waals surface area (Å²) >= 11 is 0. The number of Topliss-reactive ketones (excluding diaryl/α,β-unsaturated/α-hetero) is 1. The fraction of sp³-hybridized carbons (Fsp3) is 0.667. The monoisotopic (exact) mass is 352 g/mol. The van der Waals surface area contributed by atoms with E-state index >= 15 is 0 Å². The number of aliphatic hydroxyl groups excluding tert-OH is 2. The first-order valence-corrected chi connectivity index (χ1v) is 9.53. The molecule has 0 spiro atoms. The average Bonchev–Trinajstić information content (AvgIpc) is 2.63. The van der Waals surface area contributed by atoms with E-state index in [1.807, 2.05) is 0 Å². The Labute approximate surface area is 153 Å². The van der Waals surface area contributed by atoms with Crippen LogP contribution in [0.15, 0.2) is 36.5 Å². The van der Waals surface area contributed by atoms with E-state index in [9.17, 15) is 9.90 Å². The first kappa shape index (κ1) is 23.8. The molecule has 0 saturated heterocycles. The van der Waals surface area contributed by atoms with E-state index in [0.717, 1.165) is 51.4 Å². The molecule has 0 aliphatic rings. The van der Waals surface area contributed by atoms with Crippen molar-refractivity contribution in [2.45, 2.75) is 76.7 Å². The van der Waals surface area contributed by atoms with Gasteiger partial charge in [0.15, 0.2) is 11.4 Å². The summed E-state index contributed by atoms with van der Waals surface area (Å²) in [6.07, 6.45) is 22.5. The first-order chi connectivity index (χ1) is 12.1. The highest BCUT2D eigenvalue weighted by atomic mass is 16.4. The number of carbonyl (C=O) groups is 1. The van der Waals surface area contributed by atoms with Gasteiger partial charge in [0, 0.05) is 6.42 Å². The number of hydrogen-bond acceptors (Lipinski definition) is 4. The molecule has 0 amide bonds. The van der Waals surface area contributed by atoms with Crippen LogP contribution in [-0.2, 0) is 4.79 Å². The molecule has 0 aliphatic carbocycles. The Morgan fingerprint density at radius 2 is 1.32 bits per heavy atom. The highest BCUT2D eigenvalue weighted by Gasteiger charge is 2.33. The van der Waals surface area contributed by atoms with Crippen molar-refractivity contribution in [3.05, 3.63) is 36.5 Å². The molecule has 4 nitrogen and oxygen atoms in total. The third-order valence-electron chi connectivity index (χ3n) is 4.10. The summed E-state index contributed by atoms with van der Waals surface area (Å²) in [7, 11) is 0. The molecule has 0 bridgehead atoms. The summed E-state index contributed by atoms with van der Waals surface area (Å²) in [5.74, 6) is -0.473. The molecule has 0 aromatic heterocycles. The summed E-state index contributed by atoms with van der Waals surface area (Å²) in [6.45, 7) is 0.690. The first-order valence-electron chi connectivity index (χ1n) is 9.53. The maximum absolute atomic E-state index is 11.7. The molecular formula is C21H36O4. The Morgan fingerprint density at radius 1 is 0.800 bits per heavy atom. The normalized spacial score (nSPS) is 12.8. The van der Waals surface area contributed by atoms with Crippen LogP contribution in [0.2, 0.25) is 0 Å². The van der Waals surface area contributed by atoms with Crippen molar-refractivity contribution in [1.82, 2.24) is 0 Å². The largest absolute Gasteiger partial charge is 0.393 e. The fourth-order valence-corrected chi connectivity index (χ4v) is 2.36. The smallest absolute Gasteiger partial charge is 0.169 e. The molecule has 25 heavy (non-hydrogen) atoms. The van der Waals surface area contributed by atoms with E-state index in [4.69, 9.17) is 10.2 Å². The van der Waals surface area contributed by atoms with Crippen LogP contribution in [0.1, 0.15) is 71.1 Å². The van der Waals surface area contributed by atoms with Gasteiger partial charge in [-0.1, -0.05) is 62.6 Å². The highest BCUT2D eigenvalue weighted by molar-refractivity contribution is 5.87. The predicted octanol–water partition coefficient (Wildman–Crippen LogP) is 3.86. The number of unbranched alkanes of at least 4 members (excludes halogenated alkanes) is 5. The summed E-state index contributed by atoms with van der Waals surface area (Å²) < 4.78 is 0. The van der Waals surface area contributed by atoms with Gasteiger partial charge in [-0.15, -0.1) is 0 Å². The highest BCUT2D eigenvalue weighted by Crippen LogP contribution is 2.13. The minimum absolute atomic E-state index is 0.206. The van der Waals surface area contributed by atoms with Crippen LogP contribution in [0, 0.1) is 0 Å². The summed E-state index contributed by atoms with van der Waals surface area (Å²) in [5.41, 5.74) is -1.97. The van der Waals surface area contributed by atoms with Crippen LogP contribution in [0.4, 0.5) is 0 Å². The van der Waals surface area contributed by atoms with Crippen LogP contribution >= 0.6 is 0 Å². The second-order valence-corrected chi connectivity index (χ2v) is 6.37. The molecule has 0 aliphatic heterocycles. The molecule has 0 saturated carbocycles. The maximum atomic E-state index is 11.7. The third-order valence-corrected chi connectivity index (χ3v) is 4.10. The van der Waals surface area contributed by atoms with Gasteiger partial charge in [-0.05, 0) is 38.5 Å². The van der Waals surface area contributed by atoms with Gasteiger partial charge in [0.1, 0.15) is 0 Å². The van der Waals surface area contributed by atoms with E-state index in [0.29, 0.717) is 6.42 Å². The van der Waals surface area contributed by atoms with Crippen LogP contribution < -0.4 is 0 Å². The lowest BCUT2D eigenvalue weighted by Gasteiger charge is -2.21. The molecule has 0 rings (SSSR count). The Morgan fingerprint density at radius 3 is 1.92 bits per heavy atom. The van der Waals surface area contributed by atoms with Gasteiger partial charge in [-0.3, -0.25) is 4.79 Å². The Balaban J connectivity index is 3.51. The van der Waals surface area contributed by atoms with Gasteiger partial charge < -0.3 is 15.3 Å². The van der Waals surface area contributed by atoms with Gasteiger partial charge in [-0.25, -0.2) is 0 Å². The van der Waals surface area contributed by atoms with Crippen LogP contribution in [0.3, 0.4) is 0 Å². The molecule has 4 heteroatoms. The molecule has 0 heterocycles. The van der Waals surface area contributed by atoms with Crippen molar-refractivity contribution < 1.29 is 20.1 Å². The Kier molecular flexibility index (Phi) is 15.5. The van der Waals surface area contributed by atoms with Crippen LogP contribution in [-0.4, -0.2) is 39.9 Å². The van der Waals surface area contributed by atoms with Gasteiger partial charge >= 0.3 is 0 Å². The zero-order valence-corrected chi connectivity index (χ0v) is 15.7. The lowest BCUT2D eigenvalue weighted by atomic mass is 9.95. The molecule has 0 radical (unpaired) electrons. The number of allylic oxidation sites excluding steroid dienone is 6. The quantitative estimate of drug-likeness (QED) is 0.291. The topological polar surface area (TPSA) is 77.8 Å². The number of hydrogen-bond donors (Lipinski definition) is 3. The summed E-state index contributed by atoms with van der Waals surface area (Å²) in [6, 6.07) is 0. The van der Waals surface area contributed by atoms with E-state index in [1.165, 1.54) is 0 Å². The second-order valence-electron chi connectivity index (χ2n) is 6.37. The maximum Gasteiger partial charge on any atom is 0.169 e. The Hall–Kier alpha value is -1.23. The van der Waals surface area contributed by atoms with Gasteiger partial charge in [0.2, 0.25) is 0 Å². The summed E-state index contributed by atoms with van der Waals surface area (Å²) in [4.78, 5) is 11.7. The Bertz CT molecular complexity index is 406. The molecule has 0 aromatic rings. The van der Waals surface area contributed by atoms with E-state index in [2.05, 4.69) is 43.4 Å². The van der Waals surface area contributed by atoms with Crippen molar-refractivity contribution in [1.29, 1.82) is 0 Å². The number of rotatable bonds is 16. The molecule has 3 N–H and O–H groups in total. The van der Waals surface area contributed by atoms with Crippen molar-refractivity contribution in [2.75, 3.05) is 13.2 Å². The molecule has 0 fully saturated rings. The van der Waals surface area contributed by atoms with Gasteiger partial charge in [-0.2, -0.15) is 0 Å². The number of aliphatic hydroxyl groups is 3. The summed E-state index contributed by atoms with van der Waals surface area (Å²) in [5, 5.41) is 27.5. The van der Waals surface area contributed by atoms with Gasteiger partial charge in [0.25, 0.3) is 0 Å². The third kappa shape index (κ3) is 12.7. The molecule has 0 atom stereocenters. The lowest BCUT2D eigenvalue weighted by Crippen LogP contribution is -2.45. The van der Waals surface area contributed by atoms with E-state index in [1.54, 1.807) is 0 Å². The van der Waals surface area contributed by atoms with Crippen LogP contribution in [0.5, 0.6) is 0 Å². The van der Waals surface area contributed by atoms with Crippen LogP contribution in [0.25, 0.3) is 0 Å². The van der Waals surface area contributed by atoms with Crippen molar-refractivity contribution >= 4 is 5.78 Å². The SMILES string of the molecule is CC/C=C\C/C=C\C/C=C\CCCCCCCC(=O)C(O)(CO)CO. The van der Waals surface area contributed by atoms with Gasteiger partial charge in [0.05, 0.1) is 13.2 Å². The number of carbonyl (C=O) groups excluding carboxylic acids is 1. The molecule has 0 unspecified atom stereocenters.